The van der Waals surface area contributed by atoms with Gasteiger partial charge < -0.3 is 10.2 Å². The Hall–Kier alpha value is -2.82. The van der Waals surface area contributed by atoms with E-state index >= 15 is 0 Å². The van der Waals surface area contributed by atoms with Crippen LogP contribution in [0.3, 0.4) is 0 Å². The highest BCUT2D eigenvalue weighted by molar-refractivity contribution is 5.73. The number of benzene rings is 2. The average Bonchev–Trinajstić information content (AvgIpc) is 2.96. The number of hydrogen-bond acceptors (Lipinski definition) is 4. The van der Waals surface area contributed by atoms with Crippen LogP contribution in [0.4, 0.5) is 0 Å². The van der Waals surface area contributed by atoms with Gasteiger partial charge in [0.15, 0.2) is 0 Å². The van der Waals surface area contributed by atoms with Gasteiger partial charge in [-0.1, -0.05) is 45.5 Å². The van der Waals surface area contributed by atoms with Crippen LogP contribution >= 0.6 is 0 Å². The molecule has 0 fully saturated rings. The lowest BCUT2D eigenvalue weighted by atomic mass is 9.84. The van der Waals surface area contributed by atoms with Crippen LogP contribution < -0.4 is 0 Å². The van der Waals surface area contributed by atoms with E-state index in [0.717, 1.165) is 22.2 Å². The molecule has 5 heteroatoms. The van der Waals surface area contributed by atoms with Gasteiger partial charge in [-0.15, -0.1) is 15.0 Å². The third-order valence-electron chi connectivity index (χ3n) is 4.16. The molecule has 2 aromatic carbocycles. The molecule has 1 aromatic heterocycles. The van der Waals surface area contributed by atoms with Crippen LogP contribution in [0, 0.1) is 0 Å². The van der Waals surface area contributed by atoms with Crippen molar-refractivity contribution in [2.45, 2.75) is 39.0 Å². The molecule has 3 aromatic rings. The number of hydrogen-bond donors (Lipinski definition) is 2. The number of aliphatic hydroxyl groups is 1. The molecular formula is C20H23N3O2. The van der Waals surface area contributed by atoms with E-state index in [4.69, 9.17) is 0 Å². The Bertz CT molecular complexity index is 903. The number of nitrogens with zero attached hydrogens (tertiary/aromatic N) is 3. The summed E-state index contributed by atoms with van der Waals surface area (Å²) in [6, 6.07) is 11.4. The molecule has 0 saturated heterocycles. The van der Waals surface area contributed by atoms with Gasteiger partial charge in [0.25, 0.3) is 0 Å². The fourth-order valence-corrected chi connectivity index (χ4v) is 2.80. The summed E-state index contributed by atoms with van der Waals surface area (Å²) >= 11 is 0. The smallest absolute Gasteiger partial charge is 0.146 e. The van der Waals surface area contributed by atoms with Crippen LogP contribution in [0.15, 0.2) is 48.7 Å². The van der Waals surface area contributed by atoms with Gasteiger partial charge in [0.05, 0.1) is 5.76 Å². The first-order valence-corrected chi connectivity index (χ1v) is 8.31. The van der Waals surface area contributed by atoms with Crippen LogP contribution in [0.1, 0.15) is 38.3 Å². The number of aliphatic hydroxyl groups excluding tert-OH is 1. The fourth-order valence-electron chi connectivity index (χ4n) is 2.80. The number of aryl methyl sites for hydroxylation is 1. The van der Waals surface area contributed by atoms with E-state index in [-0.39, 0.29) is 16.9 Å². The van der Waals surface area contributed by atoms with Crippen LogP contribution in [0.2, 0.25) is 0 Å². The van der Waals surface area contributed by atoms with Gasteiger partial charge in [-0.2, -0.15) is 0 Å². The van der Waals surface area contributed by atoms with Crippen LogP contribution in [0.25, 0.3) is 16.7 Å². The summed E-state index contributed by atoms with van der Waals surface area (Å²) in [5, 5.41) is 29.2. The molecule has 0 amide bonds. The Balaban J connectivity index is 2.16. The maximum atomic E-state index is 10.8. The Morgan fingerprint density at radius 3 is 2.24 bits per heavy atom. The Kier molecular flexibility index (Phi) is 4.25. The van der Waals surface area contributed by atoms with Gasteiger partial charge in [0, 0.05) is 12.0 Å². The fraction of sp³-hybridized carbons (Fsp3) is 0.300. The van der Waals surface area contributed by atoms with Gasteiger partial charge >= 0.3 is 0 Å². The van der Waals surface area contributed by atoms with E-state index in [1.807, 2.05) is 57.2 Å². The van der Waals surface area contributed by atoms with Gasteiger partial charge in [-0.25, -0.2) is 0 Å². The zero-order chi connectivity index (χ0) is 18.2. The second-order valence-corrected chi connectivity index (χ2v) is 7.31. The van der Waals surface area contributed by atoms with Crippen molar-refractivity contribution in [2.75, 3.05) is 0 Å². The second kappa shape index (κ2) is 6.24. The molecule has 0 spiro atoms. The number of aromatic nitrogens is 3. The lowest BCUT2D eigenvalue weighted by Gasteiger charge is -2.23. The summed E-state index contributed by atoms with van der Waals surface area (Å²) in [7, 11) is 0. The summed E-state index contributed by atoms with van der Waals surface area (Å²) in [4.78, 5) is 1.48. The first-order chi connectivity index (χ1) is 11.8. The van der Waals surface area contributed by atoms with E-state index in [2.05, 4.69) is 16.8 Å². The Labute approximate surface area is 147 Å². The van der Waals surface area contributed by atoms with Gasteiger partial charge in [-0.05, 0) is 35.6 Å². The summed E-state index contributed by atoms with van der Waals surface area (Å²) in [5.41, 5.74) is 3.67. The van der Waals surface area contributed by atoms with E-state index < -0.39 is 0 Å². The molecule has 0 radical (unpaired) electrons. The lowest BCUT2D eigenvalue weighted by molar-refractivity contribution is 0.391. The molecule has 0 unspecified atom stereocenters. The van der Waals surface area contributed by atoms with Crippen molar-refractivity contribution in [3.05, 3.63) is 59.9 Å². The molecule has 5 nitrogen and oxygen atoms in total. The number of aromatic hydroxyl groups is 1. The molecule has 0 atom stereocenters. The molecule has 1 heterocycles. The van der Waals surface area contributed by atoms with Crippen LogP contribution in [-0.4, -0.2) is 25.2 Å². The SMILES string of the molecule is C=C(O)CCc1cc(-n2nc3ccccc3n2)c(O)c(C(C)(C)C)c1. The zero-order valence-corrected chi connectivity index (χ0v) is 14.8. The lowest BCUT2D eigenvalue weighted by Crippen LogP contribution is -2.14. The summed E-state index contributed by atoms with van der Waals surface area (Å²) in [6.45, 7) is 9.69. The highest BCUT2D eigenvalue weighted by atomic mass is 16.3. The van der Waals surface area contributed by atoms with Crippen molar-refractivity contribution in [1.29, 1.82) is 0 Å². The number of phenols is 1. The van der Waals surface area contributed by atoms with Crippen molar-refractivity contribution in [3.63, 3.8) is 0 Å². The summed E-state index contributed by atoms with van der Waals surface area (Å²) < 4.78 is 0. The number of rotatable bonds is 4. The maximum absolute atomic E-state index is 10.8. The second-order valence-electron chi connectivity index (χ2n) is 7.31. The minimum Gasteiger partial charge on any atom is -0.513 e. The van der Waals surface area contributed by atoms with E-state index in [0.29, 0.717) is 18.5 Å². The molecule has 0 bridgehead atoms. The van der Waals surface area contributed by atoms with Crippen molar-refractivity contribution in [3.8, 4) is 11.4 Å². The molecule has 3 rings (SSSR count). The highest BCUT2D eigenvalue weighted by Gasteiger charge is 2.23. The Morgan fingerprint density at radius 2 is 1.72 bits per heavy atom. The number of phenolic OH excluding ortho intramolecular Hbond substituents is 1. The van der Waals surface area contributed by atoms with E-state index in [9.17, 15) is 10.2 Å². The van der Waals surface area contributed by atoms with E-state index in [1.165, 1.54) is 4.80 Å². The zero-order valence-electron chi connectivity index (χ0n) is 14.8. The van der Waals surface area contributed by atoms with E-state index in [1.54, 1.807) is 0 Å². The molecule has 130 valence electrons. The third kappa shape index (κ3) is 3.50. The topological polar surface area (TPSA) is 71.2 Å². The molecule has 0 aliphatic heterocycles. The molecule has 0 aliphatic rings. The maximum Gasteiger partial charge on any atom is 0.146 e. The first kappa shape index (κ1) is 17.0. The quantitative estimate of drug-likeness (QED) is 0.691. The van der Waals surface area contributed by atoms with Crippen LogP contribution in [-0.2, 0) is 11.8 Å². The highest BCUT2D eigenvalue weighted by Crippen LogP contribution is 2.36. The number of allylic oxidation sites excluding steroid dienone is 1. The van der Waals surface area contributed by atoms with Crippen LogP contribution in [0.5, 0.6) is 5.75 Å². The van der Waals surface area contributed by atoms with Crippen molar-refractivity contribution in [2.24, 2.45) is 0 Å². The van der Waals surface area contributed by atoms with Crippen molar-refractivity contribution in [1.82, 2.24) is 15.0 Å². The molecule has 2 N–H and O–H groups in total. The Morgan fingerprint density at radius 1 is 1.12 bits per heavy atom. The standard InChI is InChI=1S/C20H23N3O2/c1-13(24)9-10-14-11-15(20(2,3)4)19(25)18(12-14)23-21-16-7-5-6-8-17(16)22-23/h5-8,11-12,24-25H,1,9-10H2,2-4H3. The largest absolute Gasteiger partial charge is 0.513 e. The van der Waals surface area contributed by atoms with Crippen molar-refractivity contribution < 1.29 is 10.2 Å². The number of fused-ring (bicyclic) bond motifs is 1. The minimum atomic E-state index is -0.238. The normalized spacial score (nSPS) is 11.8. The average molecular weight is 337 g/mol. The predicted molar refractivity (Wildman–Crippen MR) is 99.3 cm³/mol. The van der Waals surface area contributed by atoms with Crippen molar-refractivity contribution >= 4 is 11.0 Å². The molecule has 0 aliphatic carbocycles. The molecule has 25 heavy (non-hydrogen) atoms. The predicted octanol–water partition coefficient (Wildman–Crippen LogP) is 4.43. The molecular weight excluding hydrogens is 314 g/mol. The minimum absolute atomic E-state index is 0.148. The summed E-state index contributed by atoms with van der Waals surface area (Å²) in [6.07, 6.45) is 1.11. The molecule has 0 saturated carbocycles. The van der Waals surface area contributed by atoms with Gasteiger partial charge in [0.2, 0.25) is 0 Å². The monoisotopic (exact) mass is 337 g/mol. The van der Waals surface area contributed by atoms with Gasteiger partial charge in [-0.3, -0.25) is 0 Å². The summed E-state index contributed by atoms with van der Waals surface area (Å²) in [5.74, 6) is 0.328. The van der Waals surface area contributed by atoms with Gasteiger partial charge in [0.1, 0.15) is 22.5 Å². The first-order valence-electron chi connectivity index (χ1n) is 8.31. The third-order valence-corrected chi connectivity index (χ3v) is 4.16.